The minimum absolute atomic E-state index is 0.169. The van der Waals surface area contributed by atoms with Crippen LogP contribution in [-0.4, -0.2) is 68.6 Å². The fourth-order valence-corrected chi connectivity index (χ4v) is 3.29. The first-order chi connectivity index (χ1) is 9.42. The van der Waals surface area contributed by atoms with E-state index in [1.54, 1.807) is 0 Å². The standard InChI is InChI=1S/C15H32N4O/c1-5-17-15(14(16)20)9-6-7-13(15)8-10-19(4)12-11-18(2)3/h13,17H,5-12H2,1-4H3,(H2,16,20). The fraction of sp³-hybridized carbons (Fsp3) is 0.933. The number of nitrogens with two attached hydrogens (primary N) is 1. The predicted octanol–water partition coefficient (Wildman–Crippen LogP) is 0.504. The number of likely N-dealkylation sites (N-methyl/N-ethyl adjacent to an activating group) is 3. The van der Waals surface area contributed by atoms with E-state index in [0.29, 0.717) is 5.92 Å². The molecule has 0 aromatic heterocycles. The highest BCUT2D eigenvalue weighted by atomic mass is 16.1. The average molecular weight is 284 g/mol. The molecule has 0 heterocycles. The van der Waals surface area contributed by atoms with Crippen LogP contribution in [-0.2, 0) is 4.79 Å². The summed E-state index contributed by atoms with van der Waals surface area (Å²) in [4.78, 5) is 16.5. The molecule has 5 heteroatoms. The highest BCUT2D eigenvalue weighted by molar-refractivity contribution is 5.85. The summed E-state index contributed by atoms with van der Waals surface area (Å²) in [5.41, 5.74) is 5.23. The second-order valence-electron chi connectivity index (χ2n) is 6.35. The van der Waals surface area contributed by atoms with Gasteiger partial charge in [0.15, 0.2) is 0 Å². The third-order valence-electron chi connectivity index (χ3n) is 4.54. The molecule has 0 aliphatic heterocycles. The summed E-state index contributed by atoms with van der Waals surface area (Å²) in [6, 6.07) is 0. The zero-order valence-corrected chi connectivity index (χ0v) is 13.6. The van der Waals surface area contributed by atoms with Gasteiger partial charge in [-0.25, -0.2) is 0 Å². The molecule has 20 heavy (non-hydrogen) atoms. The fourth-order valence-electron chi connectivity index (χ4n) is 3.29. The van der Waals surface area contributed by atoms with Crippen molar-refractivity contribution in [2.24, 2.45) is 11.7 Å². The van der Waals surface area contributed by atoms with Gasteiger partial charge in [0, 0.05) is 13.1 Å². The van der Waals surface area contributed by atoms with E-state index in [1.165, 1.54) is 0 Å². The second-order valence-corrected chi connectivity index (χ2v) is 6.35. The largest absolute Gasteiger partial charge is 0.368 e. The summed E-state index contributed by atoms with van der Waals surface area (Å²) in [7, 11) is 6.33. The topological polar surface area (TPSA) is 61.6 Å². The van der Waals surface area contributed by atoms with Crippen LogP contribution in [0.5, 0.6) is 0 Å². The predicted molar refractivity (Wildman–Crippen MR) is 83.6 cm³/mol. The van der Waals surface area contributed by atoms with Crippen molar-refractivity contribution in [3.05, 3.63) is 0 Å². The van der Waals surface area contributed by atoms with Crippen molar-refractivity contribution in [3.8, 4) is 0 Å². The first-order valence-electron chi connectivity index (χ1n) is 7.80. The Morgan fingerprint density at radius 1 is 1.30 bits per heavy atom. The smallest absolute Gasteiger partial charge is 0.238 e. The van der Waals surface area contributed by atoms with Gasteiger partial charge >= 0.3 is 0 Å². The lowest BCUT2D eigenvalue weighted by Gasteiger charge is -2.34. The Morgan fingerprint density at radius 3 is 2.55 bits per heavy atom. The van der Waals surface area contributed by atoms with Crippen molar-refractivity contribution in [2.75, 3.05) is 47.3 Å². The second kappa shape index (κ2) is 7.96. The van der Waals surface area contributed by atoms with Crippen LogP contribution in [0, 0.1) is 5.92 Å². The molecule has 1 fully saturated rings. The maximum atomic E-state index is 11.9. The maximum Gasteiger partial charge on any atom is 0.238 e. The highest BCUT2D eigenvalue weighted by Crippen LogP contribution is 2.37. The zero-order chi connectivity index (χ0) is 15.2. The molecular formula is C15H32N4O. The number of amides is 1. The first kappa shape index (κ1) is 17.4. The van der Waals surface area contributed by atoms with Crippen LogP contribution in [0.3, 0.4) is 0 Å². The van der Waals surface area contributed by atoms with Gasteiger partial charge in [0.2, 0.25) is 5.91 Å². The third-order valence-corrected chi connectivity index (χ3v) is 4.54. The molecule has 1 saturated carbocycles. The number of nitrogens with zero attached hydrogens (tertiary/aromatic N) is 2. The van der Waals surface area contributed by atoms with Crippen LogP contribution in [0.15, 0.2) is 0 Å². The minimum atomic E-state index is -0.461. The number of primary amides is 1. The lowest BCUT2D eigenvalue weighted by molar-refractivity contribution is -0.126. The number of hydrogen-bond donors (Lipinski definition) is 2. The van der Waals surface area contributed by atoms with Crippen LogP contribution in [0.2, 0.25) is 0 Å². The van der Waals surface area contributed by atoms with Gasteiger partial charge in [0.05, 0.1) is 0 Å². The first-order valence-corrected chi connectivity index (χ1v) is 7.80. The molecule has 2 atom stereocenters. The van der Waals surface area contributed by atoms with Gasteiger partial charge in [-0.3, -0.25) is 4.79 Å². The van der Waals surface area contributed by atoms with Crippen molar-refractivity contribution in [1.82, 2.24) is 15.1 Å². The van der Waals surface area contributed by atoms with Crippen LogP contribution in [0.4, 0.5) is 0 Å². The summed E-state index contributed by atoms with van der Waals surface area (Å²) in [5, 5.41) is 3.38. The average Bonchev–Trinajstić information content (AvgIpc) is 2.78. The summed E-state index contributed by atoms with van der Waals surface area (Å²) >= 11 is 0. The summed E-state index contributed by atoms with van der Waals surface area (Å²) in [6.45, 7) is 6.00. The molecule has 0 aromatic carbocycles. The van der Waals surface area contributed by atoms with Crippen molar-refractivity contribution >= 4 is 5.91 Å². The Hall–Kier alpha value is -0.650. The van der Waals surface area contributed by atoms with Crippen LogP contribution >= 0.6 is 0 Å². The van der Waals surface area contributed by atoms with Crippen LogP contribution < -0.4 is 11.1 Å². The van der Waals surface area contributed by atoms with Crippen molar-refractivity contribution in [3.63, 3.8) is 0 Å². The molecule has 1 rings (SSSR count). The van der Waals surface area contributed by atoms with E-state index in [0.717, 1.165) is 51.9 Å². The van der Waals surface area contributed by atoms with E-state index in [4.69, 9.17) is 5.73 Å². The Bertz CT molecular complexity index is 308. The van der Waals surface area contributed by atoms with Crippen molar-refractivity contribution in [2.45, 2.75) is 38.1 Å². The van der Waals surface area contributed by atoms with Crippen LogP contribution in [0.1, 0.15) is 32.6 Å². The van der Waals surface area contributed by atoms with E-state index >= 15 is 0 Å². The lowest BCUT2D eigenvalue weighted by Crippen LogP contribution is -2.58. The number of carbonyl (C=O) groups excluding carboxylic acids is 1. The van der Waals surface area contributed by atoms with E-state index in [2.05, 4.69) is 36.3 Å². The van der Waals surface area contributed by atoms with E-state index in [-0.39, 0.29) is 5.91 Å². The van der Waals surface area contributed by atoms with E-state index < -0.39 is 5.54 Å². The lowest BCUT2D eigenvalue weighted by atomic mass is 9.83. The molecule has 3 N–H and O–H groups in total. The molecule has 2 unspecified atom stereocenters. The maximum absolute atomic E-state index is 11.9. The van der Waals surface area contributed by atoms with E-state index in [9.17, 15) is 4.79 Å². The molecule has 0 saturated heterocycles. The number of carbonyl (C=O) groups is 1. The van der Waals surface area contributed by atoms with Gasteiger partial charge < -0.3 is 20.9 Å². The summed E-state index contributed by atoms with van der Waals surface area (Å²) < 4.78 is 0. The molecule has 5 nitrogen and oxygen atoms in total. The number of rotatable bonds is 9. The highest BCUT2D eigenvalue weighted by Gasteiger charge is 2.46. The molecular weight excluding hydrogens is 252 g/mol. The zero-order valence-electron chi connectivity index (χ0n) is 13.6. The van der Waals surface area contributed by atoms with Crippen LogP contribution in [0.25, 0.3) is 0 Å². The van der Waals surface area contributed by atoms with Gasteiger partial charge in [-0.2, -0.15) is 0 Å². The third kappa shape index (κ3) is 4.43. The van der Waals surface area contributed by atoms with Crippen molar-refractivity contribution < 1.29 is 4.79 Å². The van der Waals surface area contributed by atoms with Gasteiger partial charge in [-0.15, -0.1) is 0 Å². The quantitative estimate of drug-likeness (QED) is 0.647. The minimum Gasteiger partial charge on any atom is -0.368 e. The molecule has 0 spiro atoms. The molecule has 0 radical (unpaired) electrons. The van der Waals surface area contributed by atoms with Crippen molar-refractivity contribution in [1.29, 1.82) is 0 Å². The van der Waals surface area contributed by atoms with Gasteiger partial charge in [-0.05, 0) is 59.4 Å². The Morgan fingerprint density at radius 2 is 2.00 bits per heavy atom. The van der Waals surface area contributed by atoms with Gasteiger partial charge in [0.1, 0.15) is 5.54 Å². The number of nitrogens with one attached hydrogen (secondary N) is 1. The van der Waals surface area contributed by atoms with Gasteiger partial charge in [-0.1, -0.05) is 13.3 Å². The summed E-state index contributed by atoms with van der Waals surface area (Å²) in [5.74, 6) is 0.208. The molecule has 1 aliphatic rings. The normalized spacial score (nSPS) is 26.6. The monoisotopic (exact) mass is 284 g/mol. The Kier molecular flexibility index (Phi) is 6.92. The molecule has 1 amide bonds. The van der Waals surface area contributed by atoms with Gasteiger partial charge in [0.25, 0.3) is 0 Å². The SMILES string of the molecule is CCNC1(C(N)=O)CCCC1CCN(C)CCN(C)C. The Labute approximate surface area is 123 Å². The molecule has 0 aromatic rings. The molecule has 1 aliphatic carbocycles. The number of hydrogen-bond acceptors (Lipinski definition) is 4. The molecule has 118 valence electrons. The summed E-state index contributed by atoms with van der Waals surface area (Å²) in [6.07, 6.45) is 4.14. The Balaban J connectivity index is 2.50. The van der Waals surface area contributed by atoms with E-state index in [1.807, 2.05) is 6.92 Å². The molecule has 0 bridgehead atoms.